The summed E-state index contributed by atoms with van der Waals surface area (Å²) in [6.07, 6.45) is 2.48. The number of rotatable bonds is 4. The third-order valence-electron chi connectivity index (χ3n) is 3.45. The lowest BCUT2D eigenvalue weighted by molar-refractivity contribution is -0.114. The molecule has 118 valence electrons. The van der Waals surface area contributed by atoms with Crippen LogP contribution in [0.15, 0.2) is 30.5 Å². The summed E-state index contributed by atoms with van der Waals surface area (Å²) in [4.78, 5) is 27.8. The number of amides is 1. The number of imidazole rings is 1. The van der Waals surface area contributed by atoms with Crippen LogP contribution in [0.5, 0.6) is 0 Å². The minimum absolute atomic E-state index is 0.117. The van der Waals surface area contributed by atoms with Gasteiger partial charge in [0.25, 0.3) is 0 Å². The molecule has 0 aliphatic carbocycles. The largest absolute Gasteiger partial charge is 0.477 e. The van der Waals surface area contributed by atoms with E-state index in [2.05, 4.69) is 10.3 Å². The molecule has 2 aromatic heterocycles. The second-order valence-electron chi connectivity index (χ2n) is 5.07. The van der Waals surface area contributed by atoms with Crippen LogP contribution in [-0.2, 0) is 11.2 Å². The highest BCUT2D eigenvalue weighted by molar-refractivity contribution is 7.19. The number of nitrogens with one attached hydrogen (secondary N) is 1. The summed E-state index contributed by atoms with van der Waals surface area (Å²) in [6.45, 7) is 3.39. The van der Waals surface area contributed by atoms with E-state index in [1.165, 1.54) is 18.3 Å². The number of hydrogen-bond acceptors (Lipinski definition) is 4. The summed E-state index contributed by atoms with van der Waals surface area (Å²) >= 11 is 1.18. The predicted octanol–water partition coefficient (Wildman–Crippen LogP) is 3.28. The Morgan fingerprint density at radius 3 is 2.57 bits per heavy atom. The Hall–Kier alpha value is -2.67. The maximum absolute atomic E-state index is 11.3. The summed E-state index contributed by atoms with van der Waals surface area (Å²) in [5.74, 6) is -1.03. The fraction of sp³-hybridized carbons (Fsp3) is 0.188. The first-order valence-corrected chi connectivity index (χ1v) is 7.93. The Balaban J connectivity index is 1.99. The van der Waals surface area contributed by atoms with Crippen LogP contribution in [0, 0.1) is 0 Å². The van der Waals surface area contributed by atoms with Crippen molar-refractivity contribution in [1.29, 1.82) is 0 Å². The number of nitrogens with zero attached hydrogens (tertiary/aromatic N) is 2. The maximum atomic E-state index is 11.3. The molecule has 23 heavy (non-hydrogen) atoms. The van der Waals surface area contributed by atoms with Crippen LogP contribution >= 0.6 is 11.3 Å². The van der Waals surface area contributed by atoms with Crippen molar-refractivity contribution in [3.05, 3.63) is 41.0 Å². The van der Waals surface area contributed by atoms with E-state index < -0.39 is 5.97 Å². The monoisotopic (exact) mass is 329 g/mol. The van der Waals surface area contributed by atoms with E-state index in [1.54, 1.807) is 0 Å². The molecule has 2 heterocycles. The van der Waals surface area contributed by atoms with Gasteiger partial charge < -0.3 is 10.4 Å². The van der Waals surface area contributed by atoms with E-state index >= 15 is 0 Å². The van der Waals surface area contributed by atoms with Gasteiger partial charge in [-0.05, 0) is 18.6 Å². The van der Waals surface area contributed by atoms with Crippen LogP contribution in [0.2, 0.25) is 0 Å². The van der Waals surface area contributed by atoms with Crippen LogP contribution in [0.3, 0.4) is 0 Å². The molecule has 0 saturated carbocycles. The second kappa shape index (κ2) is 5.85. The van der Waals surface area contributed by atoms with Crippen LogP contribution < -0.4 is 5.32 Å². The van der Waals surface area contributed by atoms with Crippen molar-refractivity contribution >= 4 is 33.9 Å². The molecule has 0 aliphatic rings. The number of thiazole rings is 1. The molecule has 0 radical (unpaired) electrons. The van der Waals surface area contributed by atoms with Gasteiger partial charge in [-0.3, -0.25) is 9.20 Å². The van der Waals surface area contributed by atoms with Gasteiger partial charge in [0.15, 0.2) is 4.96 Å². The summed E-state index contributed by atoms with van der Waals surface area (Å²) in [7, 11) is 0. The number of aryl methyl sites for hydroxylation is 1. The van der Waals surface area contributed by atoms with E-state index in [9.17, 15) is 14.7 Å². The molecule has 0 aliphatic heterocycles. The Kier molecular flexibility index (Phi) is 3.87. The molecular formula is C16H15N3O3S. The van der Waals surface area contributed by atoms with Crippen LogP contribution in [0.1, 0.15) is 29.2 Å². The van der Waals surface area contributed by atoms with Gasteiger partial charge >= 0.3 is 5.97 Å². The molecule has 0 atom stereocenters. The van der Waals surface area contributed by atoms with Gasteiger partial charge in [-0.25, -0.2) is 9.78 Å². The summed E-state index contributed by atoms with van der Waals surface area (Å²) < 4.78 is 1.84. The topological polar surface area (TPSA) is 83.7 Å². The molecule has 0 spiro atoms. The van der Waals surface area contributed by atoms with Gasteiger partial charge in [-0.1, -0.05) is 30.4 Å². The minimum atomic E-state index is -0.918. The van der Waals surface area contributed by atoms with E-state index in [0.717, 1.165) is 22.6 Å². The first-order valence-electron chi connectivity index (χ1n) is 7.11. The molecular weight excluding hydrogens is 314 g/mol. The zero-order chi connectivity index (χ0) is 16.6. The zero-order valence-electron chi connectivity index (χ0n) is 12.7. The molecule has 0 fully saturated rings. The number of anilines is 1. The number of fused-ring (bicyclic) bond motifs is 1. The lowest BCUT2D eigenvalue weighted by Crippen LogP contribution is -2.05. The fourth-order valence-corrected chi connectivity index (χ4v) is 3.49. The van der Waals surface area contributed by atoms with Crippen LogP contribution in [-0.4, -0.2) is 26.4 Å². The second-order valence-corrected chi connectivity index (χ2v) is 6.05. The van der Waals surface area contributed by atoms with Crippen molar-refractivity contribution in [1.82, 2.24) is 9.38 Å². The Labute approximate surface area is 136 Å². The van der Waals surface area contributed by atoms with Crippen molar-refractivity contribution in [3.8, 4) is 11.3 Å². The van der Waals surface area contributed by atoms with Gasteiger partial charge in [0, 0.05) is 30.1 Å². The van der Waals surface area contributed by atoms with E-state index in [1.807, 2.05) is 41.8 Å². The van der Waals surface area contributed by atoms with Crippen LogP contribution in [0.4, 0.5) is 5.69 Å². The average molecular weight is 329 g/mol. The standard InChI is InChI=1S/C16H15N3O3S/c1-3-13-14(15(21)22)23-16-18-12(8-19(13)16)10-4-6-11(7-5-10)17-9(2)20/h4-8H,3H2,1-2H3,(H,17,20)(H,21,22). The van der Waals surface area contributed by atoms with E-state index in [0.29, 0.717) is 16.3 Å². The van der Waals surface area contributed by atoms with E-state index in [4.69, 9.17) is 0 Å². The lowest BCUT2D eigenvalue weighted by atomic mass is 10.1. The first-order chi connectivity index (χ1) is 11.0. The smallest absolute Gasteiger partial charge is 0.347 e. The summed E-state index contributed by atoms with van der Waals surface area (Å²) in [6, 6.07) is 7.38. The van der Waals surface area contributed by atoms with Crippen molar-refractivity contribution in [2.45, 2.75) is 20.3 Å². The van der Waals surface area contributed by atoms with Gasteiger partial charge in [0.1, 0.15) is 4.88 Å². The van der Waals surface area contributed by atoms with Gasteiger partial charge in [0.2, 0.25) is 5.91 Å². The number of carboxylic acids is 1. The summed E-state index contributed by atoms with van der Waals surface area (Å²) in [5.41, 5.74) is 3.17. The highest BCUT2D eigenvalue weighted by Crippen LogP contribution is 2.28. The van der Waals surface area contributed by atoms with Gasteiger partial charge in [0.05, 0.1) is 5.69 Å². The molecule has 0 unspecified atom stereocenters. The number of benzene rings is 1. The van der Waals surface area contributed by atoms with Crippen molar-refractivity contribution < 1.29 is 14.7 Å². The number of aromatic nitrogens is 2. The minimum Gasteiger partial charge on any atom is -0.477 e. The molecule has 2 N–H and O–H groups in total. The number of aromatic carboxylic acids is 1. The van der Waals surface area contributed by atoms with Gasteiger partial charge in [-0.2, -0.15) is 0 Å². The fourth-order valence-electron chi connectivity index (χ4n) is 2.45. The van der Waals surface area contributed by atoms with Crippen molar-refractivity contribution in [2.24, 2.45) is 0 Å². The van der Waals surface area contributed by atoms with Crippen LogP contribution in [0.25, 0.3) is 16.2 Å². The van der Waals surface area contributed by atoms with E-state index in [-0.39, 0.29) is 5.91 Å². The van der Waals surface area contributed by atoms with Gasteiger partial charge in [-0.15, -0.1) is 0 Å². The molecule has 3 rings (SSSR count). The van der Waals surface area contributed by atoms with Crippen molar-refractivity contribution in [3.63, 3.8) is 0 Å². The first kappa shape index (κ1) is 15.2. The third kappa shape index (κ3) is 2.83. The molecule has 0 saturated heterocycles. The lowest BCUT2D eigenvalue weighted by Gasteiger charge is -2.02. The summed E-state index contributed by atoms with van der Waals surface area (Å²) in [5, 5.41) is 12.0. The number of carboxylic acid groups (broad SMARTS) is 1. The molecule has 1 amide bonds. The normalized spacial score (nSPS) is 10.9. The molecule has 3 aromatic rings. The Morgan fingerprint density at radius 1 is 1.30 bits per heavy atom. The molecule has 1 aromatic carbocycles. The predicted molar refractivity (Wildman–Crippen MR) is 89.1 cm³/mol. The quantitative estimate of drug-likeness (QED) is 0.769. The number of carbonyl (C=O) groups is 2. The Morgan fingerprint density at radius 2 is 2.00 bits per heavy atom. The molecule has 7 heteroatoms. The number of hydrogen-bond donors (Lipinski definition) is 2. The van der Waals surface area contributed by atoms with Crippen molar-refractivity contribution in [2.75, 3.05) is 5.32 Å². The number of carbonyl (C=O) groups excluding carboxylic acids is 1. The molecule has 0 bridgehead atoms. The average Bonchev–Trinajstić information content (AvgIpc) is 3.04. The highest BCUT2D eigenvalue weighted by atomic mass is 32.1. The third-order valence-corrected chi connectivity index (χ3v) is 4.53. The SMILES string of the molecule is CCc1c(C(=O)O)sc2nc(-c3ccc(NC(C)=O)cc3)cn12. The Bertz CT molecular complexity index is 893. The highest BCUT2D eigenvalue weighted by Gasteiger charge is 2.18. The molecule has 6 nitrogen and oxygen atoms in total. The maximum Gasteiger partial charge on any atom is 0.347 e. The zero-order valence-corrected chi connectivity index (χ0v) is 13.5.